The maximum absolute atomic E-state index is 14.7. The van der Waals surface area contributed by atoms with Gasteiger partial charge in [0, 0.05) is 30.5 Å². The molecule has 11 heteroatoms. The number of carbonyl (C=O) groups excluding carboxylic acids is 1. The van der Waals surface area contributed by atoms with Gasteiger partial charge in [-0.2, -0.15) is 0 Å². The van der Waals surface area contributed by atoms with Crippen molar-refractivity contribution >= 4 is 37.4 Å². The molecule has 4 rings (SSSR count). The molecule has 2 aromatic carbocycles. The third kappa shape index (κ3) is 4.07. The van der Waals surface area contributed by atoms with Crippen molar-refractivity contribution < 1.29 is 31.4 Å². The average Bonchev–Trinajstić information content (AvgIpc) is 3.29. The Balaban J connectivity index is 1.67. The second-order valence-electron chi connectivity index (χ2n) is 8.07. The first-order valence-corrected chi connectivity index (χ1v) is 11.2. The Bertz CT molecular complexity index is 1350. The lowest BCUT2D eigenvalue weighted by atomic mass is 10.1. The van der Waals surface area contributed by atoms with Crippen molar-refractivity contribution in [2.24, 2.45) is 5.16 Å². The monoisotopic (exact) mass is 463 g/mol. The molecule has 1 aromatic heterocycles. The number of oxime groups is 1. The summed E-state index contributed by atoms with van der Waals surface area (Å²) < 4.78 is 58.5. The number of amides is 1. The Kier molecular flexibility index (Phi) is 5.24. The van der Waals surface area contributed by atoms with Gasteiger partial charge < -0.3 is 14.3 Å². The number of rotatable bonds is 4. The summed E-state index contributed by atoms with van der Waals surface area (Å²) >= 11 is 0. The van der Waals surface area contributed by atoms with Gasteiger partial charge in [0.05, 0.1) is 5.69 Å². The Morgan fingerprint density at radius 3 is 2.50 bits per heavy atom. The van der Waals surface area contributed by atoms with E-state index in [0.29, 0.717) is 0 Å². The van der Waals surface area contributed by atoms with Crippen molar-refractivity contribution in [3.8, 4) is 0 Å². The van der Waals surface area contributed by atoms with E-state index in [1.807, 2.05) is 0 Å². The Morgan fingerprint density at radius 1 is 1.19 bits per heavy atom. The van der Waals surface area contributed by atoms with Gasteiger partial charge in [-0.15, -0.1) is 0 Å². The van der Waals surface area contributed by atoms with Crippen LogP contribution in [0.1, 0.15) is 36.3 Å². The van der Waals surface area contributed by atoms with Crippen LogP contribution in [0.4, 0.5) is 14.5 Å². The first kappa shape index (κ1) is 21.9. The van der Waals surface area contributed by atoms with Gasteiger partial charge in [0.15, 0.2) is 16.4 Å². The van der Waals surface area contributed by atoms with Crippen molar-refractivity contribution in [1.82, 2.24) is 5.16 Å². The average molecular weight is 463 g/mol. The fourth-order valence-corrected chi connectivity index (χ4v) is 4.74. The maximum atomic E-state index is 14.7. The van der Waals surface area contributed by atoms with E-state index in [2.05, 4.69) is 10.3 Å². The molecule has 1 aliphatic heterocycles. The van der Waals surface area contributed by atoms with Gasteiger partial charge in [0.25, 0.3) is 5.91 Å². The molecule has 0 N–H and O–H groups in total. The topological polar surface area (TPSA) is 102 Å². The third-order valence-corrected chi connectivity index (χ3v) is 6.62. The number of carbonyl (C=O) groups is 1. The Hall–Kier alpha value is -3.34. The molecule has 0 fully saturated rings. The van der Waals surface area contributed by atoms with Gasteiger partial charge in [-0.25, -0.2) is 17.2 Å². The second-order valence-corrected chi connectivity index (χ2v) is 10.1. The highest BCUT2D eigenvalue weighted by Crippen LogP contribution is 2.31. The van der Waals surface area contributed by atoms with Crippen LogP contribution in [-0.4, -0.2) is 37.2 Å². The molecule has 32 heavy (non-hydrogen) atoms. The number of hydrogen-bond acceptors (Lipinski definition) is 7. The SMILES string of the molecule is CN(C(=O)c1ccc(F)cc1)c1cc2c(CS(=O)(=O)C3=NOC(C)(C)C3)noc2cc1F. The molecule has 168 valence electrons. The lowest BCUT2D eigenvalue weighted by Gasteiger charge is -2.18. The predicted molar refractivity (Wildman–Crippen MR) is 113 cm³/mol. The standard InChI is InChI=1S/C21H19F2N3O5S/c1-21(2)10-19(25-31-21)32(28,29)11-16-14-8-17(15(23)9-18(14)30-24-16)26(3)20(27)12-4-6-13(22)7-5-12/h4-9H,10-11H2,1-3H3. The summed E-state index contributed by atoms with van der Waals surface area (Å²) in [5.74, 6) is -2.38. The van der Waals surface area contributed by atoms with E-state index in [4.69, 9.17) is 9.36 Å². The quantitative estimate of drug-likeness (QED) is 0.583. The molecule has 0 bridgehead atoms. The van der Waals surface area contributed by atoms with Gasteiger partial charge in [-0.05, 0) is 44.2 Å². The summed E-state index contributed by atoms with van der Waals surface area (Å²) in [5, 5.41) is 7.59. The zero-order valence-electron chi connectivity index (χ0n) is 17.4. The molecule has 1 aliphatic rings. The fraction of sp³-hybridized carbons (Fsp3) is 0.286. The maximum Gasteiger partial charge on any atom is 0.258 e. The van der Waals surface area contributed by atoms with Crippen molar-refractivity contribution in [3.63, 3.8) is 0 Å². The molecule has 8 nitrogen and oxygen atoms in total. The number of hydrogen-bond donors (Lipinski definition) is 0. The molecule has 3 aromatic rings. The number of sulfone groups is 1. The van der Waals surface area contributed by atoms with Crippen LogP contribution in [-0.2, 0) is 20.4 Å². The molecular weight excluding hydrogens is 444 g/mol. The molecule has 0 spiro atoms. The molecule has 0 atom stereocenters. The molecule has 0 unspecified atom stereocenters. The molecule has 2 heterocycles. The van der Waals surface area contributed by atoms with Crippen LogP contribution in [0.3, 0.4) is 0 Å². The zero-order chi connectivity index (χ0) is 23.3. The van der Waals surface area contributed by atoms with Crippen LogP contribution in [0.5, 0.6) is 0 Å². The highest BCUT2D eigenvalue weighted by atomic mass is 32.2. The van der Waals surface area contributed by atoms with E-state index in [0.717, 1.165) is 23.1 Å². The summed E-state index contributed by atoms with van der Waals surface area (Å²) in [7, 11) is -2.51. The summed E-state index contributed by atoms with van der Waals surface area (Å²) in [4.78, 5) is 18.9. The van der Waals surface area contributed by atoms with Crippen LogP contribution < -0.4 is 4.90 Å². The summed E-state index contributed by atoms with van der Waals surface area (Å²) in [6.07, 6.45) is 0.111. The number of benzene rings is 2. The van der Waals surface area contributed by atoms with Crippen LogP contribution in [0, 0.1) is 11.6 Å². The van der Waals surface area contributed by atoms with Gasteiger partial charge >= 0.3 is 0 Å². The van der Waals surface area contributed by atoms with Crippen molar-refractivity contribution in [2.75, 3.05) is 11.9 Å². The molecule has 0 aliphatic carbocycles. The van der Waals surface area contributed by atoms with E-state index in [1.165, 1.54) is 25.2 Å². The molecule has 0 radical (unpaired) electrons. The summed E-state index contributed by atoms with van der Waals surface area (Å²) in [5.41, 5.74) is -0.603. The van der Waals surface area contributed by atoms with Gasteiger partial charge in [0.2, 0.25) is 9.84 Å². The highest BCUT2D eigenvalue weighted by molar-refractivity contribution is 8.05. The molecule has 0 saturated heterocycles. The molecular formula is C21H19F2N3O5S. The minimum atomic E-state index is -3.86. The third-order valence-electron chi connectivity index (χ3n) is 5.03. The van der Waals surface area contributed by atoms with E-state index < -0.39 is 38.7 Å². The van der Waals surface area contributed by atoms with E-state index in [9.17, 15) is 22.0 Å². The fourth-order valence-electron chi connectivity index (χ4n) is 3.29. The predicted octanol–water partition coefficient (Wildman–Crippen LogP) is 3.81. The minimum absolute atomic E-state index is 0.0315. The molecule has 0 saturated carbocycles. The number of anilines is 1. The summed E-state index contributed by atoms with van der Waals surface area (Å²) in [6.45, 7) is 3.43. The Morgan fingerprint density at radius 2 is 1.88 bits per heavy atom. The number of aromatic nitrogens is 1. The van der Waals surface area contributed by atoms with E-state index in [1.54, 1.807) is 13.8 Å². The van der Waals surface area contributed by atoms with E-state index in [-0.39, 0.29) is 39.4 Å². The van der Waals surface area contributed by atoms with Crippen molar-refractivity contribution in [3.05, 3.63) is 59.3 Å². The summed E-state index contributed by atoms with van der Waals surface area (Å²) in [6, 6.07) is 7.15. The lowest BCUT2D eigenvalue weighted by molar-refractivity contribution is 0.0123. The zero-order valence-corrected chi connectivity index (χ0v) is 18.2. The Labute approximate surface area is 182 Å². The normalized spacial score (nSPS) is 15.5. The van der Waals surface area contributed by atoms with Crippen LogP contribution in [0.25, 0.3) is 11.0 Å². The number of fused-ring (bicyclic) bond motifs is 1. The number of halogens is 2. The second kappa shape index (κ2) is 7.66. The lowest BCUT2D eigenvalue weighted by Crippen LogP contribution is -2.27. The highest BCUT2D eigenvalue weighted by Gasteiger charge is 2.37. The first-order chi connectivity index (χ1) is 15.0. The van der Waals surface area contributed by atoms with Gasteiger partial charge in [-0.1, -0.05) is 10.3 Å². The smallest absolute Gasteiger partial charge is 0.258 e. The largest absolute Gasteiger partial charge is 0.389 e. The van der Waals surface area contributed by atoms with Crippen molar-refractivity contribution in [1.29, 1.82) is 0 Å². The minimum Gasteiger partial charge on any atom is -0.389 e. The van der Waals surface area contributed by atoms with Crippen molar-refractivity contribution in [2.45, 2.75) is 31.6 Å². The number of nitrogens with zero attached hydrogens (tertiary/aromatic N) is 3. The van der Waals surface area contributed by atoms with Crippen LogP contribution in [0.2, 0.25) is 0 Å². The van der Waals surface area contributed by atoms with Gasteiger partial charge in [-0.3, -0.25) is 4.79 Å². The van der Waals surface area contributed by atoms with E-state index >= 15 is 0 Å². The van der Waals surface area contributed by atoms with Crippen LogP contribution >= 0.6 is 0 Å². The first-order valence-electron chi connectivity index (χ1n) is 9.56. The van der Waals surface area contributed by atoms with Crippen LogP contribution in [0.15, 0.2) is 46.1 Å². The van der Waals surface area contributed by atoms with Gasteiger partial charge in [0.1, 0.15) is 22.9 Å². The molecule has 1 amide bonds.